The number of fused-ring (bicyclic) bond motifs is 2. The largest absolute Gasteiger partial charge is 0.370 e. The molecule has 6 rings (SSSR count). The number of carbonyl (C=O) groups is 11. The summed E-state index contributed by atoms with van der Waals surface area (Å²) >= 11 is 0. The van der Waals surface area contributed by atoms with Gasteiger partial charge >= 0.3 is 0 Å². The standard InChI is InChI=1S/C53H71N15O11S2/c54-34-27-80-81-28-39(52(79)67-19-7-13-40(67)49(76)63-35(12-6-18-60-53(58)59)45(72)61-25-44(57)71)66-48(75)38(24-43(56)70)64-46(73)36(16-17-42(55)69)62-47(74)37(22-29-8-2-1-3-9-29)65-50(77)41-23-31(26-68(41)51(34)78)20-30-14-15-32-10-4-5-11-33(32)21-30/h1-5,8-11,14-15,21,31,34-41H,6-7,12-13,16-20,22-28,54H2,(H2,55,69)(H2,56,70)(H2,57,71)(H,61,72)(H,62,74)(H,63,76)(H,64,73)(H,65,77)(H,66,75)(H4,58,59,60)/t31-,34+,35+,36+,37+,38+,39+,40+,41+/m1/s1. The molecule has 9 atom stereocenters. The van der Waals surface area contributed by atoms with Gasteiger partial charge in [0.2, 0.25) is 65.0 Å². The Bertz CT molecular complexity index is 2840. The van der Waals surface area contributed by atoms with E-state index in [4.69, 9.17) is 34.4 Å². The van der Waals surface area contributed by atoms with Crippen molar-refractivity contribution in [2.45, 2.75) is 113 Å². The van der Waals surface area contributed by atoms with Gasteiger partial charge in [-0.2, -0.15) is 0 Å². The van der Waals surface area contributed by atoms with E-state index in [9.17, 15) is 52.7 Å². The quantitative estimate of drug-likeness (QED) is 0.0243. The van der Waals surface area contributed by atoms with Gasteiger partial charge in [0.05, 0.1) is 19.0 Å². The summed E-state index contributed by atoms with van der Waals surface area (Å²) in [5, 5.41) is 17.5. The van der Waals surface area contributed by atoms with Gasteiger partial charge in [-0.25, -0.2) is 0 Å². The van der Waals surface area contributed by atoms with Crippen LogP contribution in [0.15, 0.2) is 77.8 Å². The number of hydrogen-bond acceptors (Lipinski definition) is 15. The van der Waals surface area contributed by atoms with Gasteiger partial charge in [0.1, 0.15) is 42.3 Å². The molecule has 0 unspecified atom stereocenters. The van der Waals surface area contributed by atoms with Crippen molar-refractivity contribution >= 4 is 103 Å². The molecule has 0 aromatic heterocycles. The third-order valence-electron chi connectivity index (χ3n) is 13.9. The van der Waals surface area contributed by atoms with Crippen molar-refractivity contribution in [2.24, 2.45) is 45.3 Å². The average Bonchev–Trinajstić information content (AvgIpc) is 4.19. The zero-order valence-electron chi connectivity index (χ0n) is 44.6. The normalized spacial score (nSPS) is 23.6. The number of guanidine groups is 1. The maximum Gasteiger partial charge on any atom is 0.246 e. The molecule has 11 amide bonds. The molecule has 28 heteroatoms. The molecule has 0 bridgehead atoms. The van der Waals surface area contributed by atoms with E-state index in [0.717, 1.165) is 37.9 Å². The molecule has 3 heterocycles. The first-order valence-electron chi connectivity index (χ1n) is 26.5. The maximum atomic E-state index is 14.8. The Balaban J connectivity index is 1.31. The minimum absolute atomic E-state index is 0.0107. The summed E-state index contributed by atoms with van der Waals surface area (Å²) in [6.45, 7) is -0.276. The summed E-state index contributed by atoms with van der Waals surface area (Å²) in [7, 11) is 2.12. The number of rotatable bonds is 19. The van der Waals surface area contributed by atoms with E-state index < -0.39 is 139 Å². The first-order chi connectivity index (χ1) is 38.7. The van der Waals surface area contributed by atoms with Crippen LogP contribution in [-0.2, 0) is 65.6 Å². The van der Waals surface area contributed by atoms with Crippen molar-refractivity contribution in [2.75, 3.05) is 37.7 Å². The van der Waals surface area contributed by atoms with Gasteiger partial charge in [0.25, 0.3) is 0 Å². The van der Waals surface area contributed by atoms with Crippen molar-refractivity contribution in [3.63, 3.8) is 0 Å². The maximum absolute atomic E-state index is 14.8. The molecule has 26 nitrogen and oxygen atoms in total. The minimum atomic E-state index is -1.78. The number of benzene rings is 3. The van der Waals surface area contributed by atoms with E-state index in [1.165, 1.54) is 9.80 Å². The Morgan fingerprint density at radius 2 is 1.38 bits per heavy atom. The lowest BCUT2D eigenvalue weighted by Crippen LogP contribution is -2.61. The Hall–Kier alpha value is -7.98. The van der Waals surface area contributed by atoms with Gasteiger partial charge in [-0.15, -0.1) is 0 Å². The Kier molecular flexibility index (Phi) is 23.1. The predicted molar refractivity (Wildman–Crippen MR) is 303 cm³/mol. The van der Waals surface area contributed by atoms with Gasteiger partial charge in [-0.3, -0.25) is 57.7 Å². The summed E-state index contributed by atoms with van der Waals surface area (Å²) in [4.78, 5) is 157. The highest BCUT2D eigenvalue weighted by Gasteiger charge is 2.44. The molecule has 3 aliphatic heterocycles. The zero-order chi connectivity index (χ0) is 58.8. The Morgan fingerprint density at radius 3 is 2.09 bits per heavy atom. The Morgan fingerprint density at radius 1 is 0.716 bits per heavy atom. The summed E-state index contributed by atoms with van der Waals surface area (Å²) in [6, 6.07) is 11.6. The van der Waals surface area contributed by atoms with E-state index in [-0.39, 0.29) is 75.1 Å². The van der Waals surface area contributed by atoms with Gasteiger partial charge in [0, 0.05) is 44.0 Å². The fraction of sp³-hybridized carbons (Fsp3) is 0.472. The van der Waals surface area contributed by atoms with Crippen LogP contribution in [0.5, 0.6) is 0 Å². The monoisotopic (exact) mass is 1160 g/mol. The minimum Gasteiger partial charge on any atom is -0.370 e. The van der Waals surface area contributed by atoms with Gasteiger partial charge in [-0.05, 0) is 72.8 Å². The van der Waals surface area contributed by atoms with E-state index in [2.05, 4.69) is 43.0 Å². The van der Waals surface area contributed by atoms with Crippen LogP contribution in [0.2, 0.25) is 0 Å². The second-order valence-corrected chi connectivity index (χ2v) is 22.7. The van der Waals surface area contributed by atoms with Crippen LogP contribution in [0, 0.1) is 5.92 Å². The van der Waals surface area contributed by atoms with E-state index >= 15 is 0 Å². The van der Waals surface area contributed by atoms with Crippen LogP contribution in [0.3, 0.4) is 0 Å². The molecule has 3 fully saturated rings. The molecule has 3 aromatic carbocycles. The molecule has 0 radical (unpaired) electrons. The van der Waals surface area contributed by atoms with E-state index in [0.29, 0.717) is 18.4 Å². The highest BCUT2D eigenvalue weighted by atomic mass is 33.1. The summed E-state index contributed by atoms with van der Waals surface area (Å²) in [5.74, 6) is -9.95. The summed E-state index contributed by atoms with van der Waals surface area (Å²) in [6.07, 6.45) is -0.374. The van der Waals surface area contributed by atoms with Crippen LogP contribution in [-0.4, -0.2) is 167 Å². The van der Waals surface area contributed by atoms with Crippen molar-refractivity contribution in [3.05, 3.63) is 83.9 Å². The first-order valence-corrected chi connectivity index (χ1v) is 29.0. The molecule has 3 saturated heterocycles. The van der Waals surface area contributed by atoms with Gasteiger partial charge in [0.15, 0.2) is 5.96 Å². The van der Waals surface area contributed by atoms with Crippen molar-refractivity contribution < 1.29 is 52.7 Å². The lowest BCUT2D eigenvalue weighted by Gasteiger charge is -2.31. The highest BCUT2D eigenvalue weighted by molar-refractivity contribution is 8.76. The van der Waals surface area contributed by atoms with E-state index in [1.807, 2.05) is 36.4 Å². The average molecular weight is 1160 g/mol. The van der Waals surface area contributed by atoms with Crippen molar-refractivity contribution in [3.8, 4) is 0 Å². The highest BCUT2D eigenvalue weighted by Crippen LogP contribution is 2.31. The smallest absolute Gasteiger partial charge is 0.246 e. The number of hydrogen-bond donors (Lipinski definition) is 12. The number of amides is 11. The third-order valence-corrected chi connectivity index (χ3v) is 16.4. The fourth-order valence-corrected chi connectivity index (χ4v) is 12.2. The first kappa shape index (κ1) is 62.2. The second kappa shape index (κ2) is 30.0. The fourth-order valence-electron chi connectivity index (χ4n) is 9.91. The van der Waals surface area contributed by atoms with Crippen LogP contribution in [0.25, 0.3) is 10.8 Å². The molecule has 18 N–H and O–H groups in total. The SMILES string of the molecule is NC(=O)CC[C@@H]1NC(=O)[C@H](Cc2ccccc2)NC(=O)[C@@H]2C[C@@H](Cc3ccc4ccccc4c3)CN2C(=O)[C@@H](N)CSSC[C@@H](C(=O)N2CCC[C@H]2C(=O)N[C@@H](CCCN=C(N)N)C(=O)NCC(N)=O)NC(=O)[C@H](CC(N)=O)NC1=O. The van der Waals surface area contributed by atoms with Crippen LogP contribution in [0.1, 0.15) is 62.5 Å². The van der Waals surface area contributed by atoms with Crippen molar-refractivity contribution in [1.82, 2.24) is 41.7 Å². The Labute approximate surface area is 475 Å². The lowest BCUT2D eigenvalue weighted by atomic mass is 9.95. The molecule has 81 heavy (non-hydrogen) atoms. The number of likely N-dealkylation sites (tertiary alicyclic amines) is 1. The van der Waals surface area contributed by atoms with Crippen molar-refractivity contribution in [1.29, 1.82) is 0 Å². The number of carbonyl (C=O) groups excluding carboxylic acids is 11. The summed E-state index contributed by atoms with van der Waals surface area (Å²) < 4.78 is 0. The lowest BCUT2D eigenvalue weighted by molar-refractivity contribution is -0.142. The molecule has 3 aliphatic rings. The van der Waals surface area contributed by atoms with Crippen LogP contribution < -0.4 is 66.3 Å². The predicted octanol–water partition coefficient (Wildman–Crippen LogP) is -3.22. The van der Waals surface area contributed by atoms with E-state index in [1.54, 1.807) is 30.3 Å². The number of nitrogens with one attached hydrogen (secondary N) is 6. The molecule has 0 saturated carbocycles. The number of aliphatic imine (C=N–C) groups is 1. The topological polar surface area (TPSA) is 435 Å². The summed E-state index contributed by atoms with van der Waals surface area (Å²) in [5.41, 5.74) is 35.4. The number of primary amides is 3. The third kappa shape index (κ3) is 18.5. The molecular formula is C53H71N15O11S2. The zero-order valence-corrected chi connectivity index (χ0v) is 46.2. The van der Waals surface area contributed by atoms with Crippen LogP contribution >= 0.6 is 21.6 Å². The van der Waals surface area contributed by atoms with Gasteiger partial charge < -0.3 is 76.1 Å². The number of nitrogens with zero attached hydrogens (tertiary/aromatic N) is 3. The molecular weight excluding hydrogens is 1090 g/mol. The molecule has 0 spiro atoms. The molecule has 436 valence electrons. The van der Waals surface area contributed by atoms with Crippen LogP contribution in [0.4, 0.5) is 0 Å². The number of nitrogens with two attached hydrogens (primary N) is 6. The van der Waals surface area contributed by atoms with Gasteiger partial charge in [-0.1, -0.05) is 94.4 Å². The molecule has 0 aliphatic carbocycles. The molecule has 3 aromatic rings. The second-order valence-electron chi connectivity index (χ2n) is 20.2.